The van der Waals surface area contributed by atoms with E-state index in [0.717, 1.165) is 23.3 Å². The molecule has 1 aliphatic heterocycles. The number of esters is 1. The van der Waals surface area contributed by atoms with Crippen LogP contribution in [0.25, 0.3) is 6.08 Å². The van der Waals surface area contributed by atoms with Crippen molar-refractivity contribution >= 4 is 12.0 Å². The molecule has 3 nitrogen and oxygen atoms in total. The Labute approximate surface area is 120 Å². The first-order valence-electron chi connectivity index (χ1n) is 7.41. The molecule has 0 aromatic heterocycles. The molecular formula is C17H22O3. The van der Waals surface area contributed by atoms with Gasteiger partial charge in [-0.25, -0.2) is 4.79 Å². The van der Waals surface area contributed by atoms with Gasteiger partial charge in [-0.3, -0.25) is 0 Å². The number of hydrogen-bond acceptors (Lipinski definition) is 3. The molecule has 1 aliphatic carbocycles. The van der Waals surface area contributed by atoms with Gasteiger partial charge in [-0.1, -0.05) is 44.4 Å². The number of para-hydroxylation sites is 1. The summed E-state index contributed by atoms with van der Waals surface area (Å²) in [6.07, 6.45) is 8.01. The molecule has 0 bridgehead atoms. The van der Waals surface area contributed by atoms with E-state index in [1.165, 1.54) is 19.3 Å². The maximum absolute atomic E-state index is 11.4. The molecule has 20 heavy (non-hydrogen) atoms. The molecule has 1 saturated carbocycles. The summed E-state index contributed by atoms with van der Waals surface area (Å²) >= 11 is 0. The van der Waals surface area contributed by atoms with E-state index in [-0.39, 0.29) is 5.97 Å². The lowest BCUT2D eigenvalue weighted by atomic mass is 10.1. The molecule has 2 fully saturated rings. The average molecular weight is 274 g/mol. The zero-order valence-electron chi connectivity index (χ0n) is 12.1. The molecule has 1 heterocycles. The monoisotopic (exact) mass is 274 g/mol. The average Bonchev–Trinajstić information content (AvgIpc) is 3.29. The molecule has 3 heteroatoms. The maximum atomic E-state index is 11.4. The van der Waals surface area contributed by atoms with Crippen molar-refractivity contribution in [3.8, 4) is 5.75 Å². The molecule has 1 aromatic rings. The van der Waals surface area contributed by atoms with Gasteiger partial charge in [0.1, 0.15) is 5.75 Å². The number of benzene rings is 1. The van der Waals surface area contributed by atoms with Gasteiger partial charge in [-0.2, -0.15) is 0 Å². The van der Waals surface area contributed by atoms with Gasteiger partial charge in [0.15, 0.2) is 0 Å². The number of carbonyl (C=O) groups is 1. The highest BCUT2D eigenvalue weighted by Crippen LogP contribution is 2.24. The molecule has 108 valence electrons. The first-order valence-corrected chi connectivity index (χ1v) is 7.41. The topological polar surface area (TPSA) is 35.5 Å². The van der Waals surface area contributed by atoms with Crippen molar-refractivity contribution in [1.82, 2.24) is 0 Å². The van der Waals surface area contributed by atoms with E-state index in [1.807, 2.05) is 30.3 Å². The van der Waals surface area contributed by atoms with Crippen molar-refractivity contribution in [2.75, 3.05) is 13.2 Å². The first-order chi connectivity index (χ1) is 9.81. The van der Waals surface area contributed by atoms with E-state index in [1.54, 1.807) is 0 Å². The number of cyclic esters (lactones) is 1. The summed E-state index contributed by atoms with van der Waals surface area (Å²) in [6, 6.07) is 7.73. The van der Waals surface area contributed by atoms with Crippen LogP contribution in [-0.2, 0) is 9.53 Å². The van der Waals surface area contributed by atoms with E-state index in [0.29, 0.717) is 19.6 Å². The SMILES string of the molecule is C1CC1.CCCOc1ccccc1/C=C1\CCOC1=O. The summed E-state index contributed by atoms with van der Waals surface area (Å²) in [5.74, 6) is 0.608. The summed E-state index contributed by atoms with van der Waals surface area (Å²) in [7, 11) is 0. The summed E-state index contributed by atoms with van der Waals surface area (Å²) in [6.45, 7) is 3.24. The van der Waals surface area contributed by atoms with Crippen LogP contribution in [0.4, 0.5) is 0 Å². The number of carbonyl (C=O) groups excluding carboxylic acids is 1. The van der Waals surface area contributed by atoms with Crippen LogP contribution in [0.5, 0.6) is 5.75 Å². The van der Waals surface area contributed by atoms with Crippen LogP contribution in [0.2, 0.25) is 0 Å². The third-order valence-electron chi connectivity index (χ3n) is 2.93. The van der Waals surface area contributed by atoms with Gasteiger partial charge in [-0.15, -0.1) is 0 Å². The minimum Gasteiger partial charge on any atom is -0.493 e. The third kappa shape index (κ3) is 4.72. The molecule has 1 aromatic carbocycles. The third-order valence-corrected chi connectivity index (χ3v) is 2.93. The van der Waals surface area contributed by atoms with Crippen molar-refractivity contribution in [1.29, 1.82) is 0 Å². The Morgan fingerprint density at radius 3 is 2.60 bits per heavy atom. The Balaban J connectivity index is 0.000000432. The second-order valence-corrected chi connectivity index (χ2v) is 5.00. The van der Waals surface area contributed by atoms with Gasteiger partial charge in [0.25, 0.3) is 0 Å². The normalized spacial score (nSPS) is 18.2. The van der Waals surface area contributed by atoms with Crippen LogP contribution < -0.4 is 4.74 Å². The van der Waals surface area contributed by atoms with Gasteiger partial charge in [0.05, 0.1) is 13.2 Å². The van der Waals surface area contributed by atoms with E-state index >= 15 is 0 Å². The van der Waals surface area contributed by atoms with E-state index in [4.69, 9.17) is 9.47 Å². The molecule has 0 unspecified atom stereocenters. The quantitative estimate of drug-likeness (QED) is 0.615. The Morgan fingerprint density at radius 2 is 2.00 bits per heavy atom. The van der Waals surface area contributed by atoms with Crippen LogP contribution in [0, 0.1) is 0 Å². The highest BCUT2D eigenvalue weighted by molar-refractivity contribution is 5.95. The minimum atomic E-state index is -0.213. The Bertz CT molecular complexity index is 472. The second-order valence-electron chi connectivity index (χ2n) is 5.00. The molecular weight excluding hydrogens is 252 g/mol. The van der Waals surface area contributed by atoms with Crippen LogP contribution in [0.3, 0.4) is 0 Å². The smallest absolute Gasteiger partial charge is 0.334 e. The van der Waals surface area contributed by atoms with Crippen LogP contribution >= 0.6 is 0 Å². The lowest BCUT2D eigenvalue weighted by molar-refractivity contribution is -0.134. The molecule has 0 spiro atoms. The fourth-order valence-electron chi connectivity index (χ4n) is 1.71. The maximum Gasteiger partial charge on any atom is 0.334 e. The van der Waals surface area contributed by atoms with Crippen LogP contribution in [0.15, 0.2) is 29.8 Å². The fourth-order valence-corrected chi connectivity index (χ4v) is 1.71. The molecule has 0 atom stereocenters. The Hall–Kier alpha value is -1.77. The fraction of sp³-hybridized carbons (Fsp3) is 0.471. The number of hydrogen-bond donors (Lipinski definition) is 0. The van der Waals surface area contributed by atoms with E-state index < -0.39 is 0 Å². The van der Waals surface area contributed by atoms with Gasteiger partial charge in [0.2, 0.25) is 0 Å². The first kappa shape index (κ1) is 14.6. The summed E-state index contributed by atoms with van der Waals surface area (Å²) < 4.78 is 10.5. The van der Waals surface area contributed by atoms with Gasteiger partial charge < -0.3 is 9.47 Å². The predicted molar refractivity (Wildman–Crippen MR) is 79.6 cm³/mol. The molecule has 2 aliphatic rings. The predicted octanol–water partition coefficient (Wildman–Crippen LogP) is 3.98. The van der Waals surface area contributed by atoms with Gasteiger partial charge >= 0.3 is 5.97 Å². The molecule has 0 N–H and O–H groups in total. The number of ether oxygens (including phenoxy) is 2. The molecule has 1 saturated heterocycles. The Morgan fingerprint density at radius 1 is 1.25 bits per heavy atom. The number of rotatable bonds is 4. The summed E-state index contributed by atoms with van der Waals surface area (Å²) in [5, 5.41) is 0. The highest BCUT2D eigenvalue weighted by Gasteiger charge is 2.18. The zero-order chi connectivity index (χ0) is 14.2. The van der Waals surface area contributed by atoms with Crippen LogP contribution in [0.1, 0.15) is 44.6 Å². The minimum absolute atomic E-state index is 0.213. The van der Waals surface area contributed by atoms with E-state index in [2.05, 4.69) is 6.92 Å². The molecule has 0 radical (unpaired) electrons. The van der Waals surface area contributed by atoms with Crippen LogP contribution in [-0.4, -0.2) is 19.2 Å². The summed E-state index contributed by atoms with van der Waals surface area (Å²) in [4.78, 5) is 11.4. The molecule has 0 amide bonds. The van der Waals surface area contributed by atoms with Gasteiger partial charge in [-0.05, 0) is 18.6 Å². The van der Waals surface area contributed by atoms with Crippen molar-refractivity contribution in [2.24, 2.45) is 0 Å². The standard InChI is InChI=1S/C14H16O3.C3H6/c1-2-8-16-13-6-4-3-5-11(13)10-12-7-9-17-14(12)15;1-2-3-1/h3-6,10H,2,7-9H2,1H3;1-3H2/b12-10+;. The highest BCUT2D eigenvalue weighted by atomic mass is 16.5. The molecule has 3 rings (SSSR count). The largest absolute Gasteiger partial charge is 0.493 e. The second kappa shape index (κ2) is 7.73. The van der Waals surface area contributed by atoms with Crippen molar-refractivity contribution in [3.05, 3.63) is 35.4 Å². The van der Waals surface area contributed by atoms with Gasteiger partial charge in [0, 0.05) is 17.6 Å². The Kier molecular flexibility index (Phi) is 5.66. The van der Waals surface area contributed by atoms with Crippen molar-refractivity contribution in [3.63, 3.8) is 0 Å². The lowest BCUT2D eigenvalue weighted by Crippen LogP contribution is -1.98. The van der Waals surface area contributed by atoms with E-state index in [9.17, 15) is 4.79 Å². The van der Waals surface area contributed by atoms with Crippen molar-refractivity contribution in [2.45, 2.75) is 39.0 Å². The lowest BCUT2D eigenvalue weighted by Gasteiger charge is -2.07. The summed E-state index contributed by atoms with van der Waals surface area (Å²) in [5.41, 5.74) is 1.66. The zero-order valence-corrected chi connectivity index (χ0v) is 12.1. The van der Waals surface area contributed by atoms with Crippen molar-refractivity contribution < 1.29 is 14.3 Å².